The Balaban J connectivity index is 0.000000486. The molecular weight excluding hydrogens is 420 g/mol. The normalized spacial score (nSPS) is 11.1. The van der Waals surface area contributed by atoms with E-state index >= 15 is 0 Å². The highest BCUT2D eigenvalue weighted by Crippen LogP contribution is 2.23. The second-order valence-corrected chi connectivity index (χ2v) is 8.93. The minimum atomic E-state index is -0.172. The summed E-state index contributed by atoms with van der Waals surface area (Å²) in [7, 11) is 1.70. The van der Waals surface area contributed by atoms with Gasteiger partial charge in [0, 0.05) is 25.0 Å². The third kappa shape index (κ3) is 9.84. The molecule has 1 unspecified atom stereocenters. The van der Waals surface area contributed by atoms with Gasteiger partial charge in [0.25, 0.3) is 0 Å². The molecular formula is C31H40O3. The minimum Gasteiger partial charge on any atom is -0.380 e. The molecule has 3 rings (SSSR count). The molecule has 0 heterocycles. The first-order chi connectivity index (χ1) is 15.8. The number of carbonyl (C=O) groups excluding carboxylic acids is 2. The molecule has 3 nitrogen and oxygen atoms in total. The zero-order valence-electron chi connectivity index (χ0n) is 20.5. The Kier molecular flexibility index (Phi) is 12.8. The maximum Gasteiger partial charge on any atom is 0.163 e. The van der Waals surface area contributed by atoms with Crippen molar-refractivity contribution in [2.75, 3.05) is 7.11 Å². The second kappa shape index (κ2) is 15.0. The Labute approximate surface area is 206 Å². The van der Waals surface area contributed by atoms with Crippen LogP contribution in [0, 0.1) is 18.8 Å². The van der Waals surface area contributed by atoms with E-state index in [0.29, 0.717) is 24.5 Å². The van der Waals surface area contributed by atoms with Crippen molar-refractivity contribution in [3.63, 3.8) is 0 Å². The van der Waals surface area contributed by atoms with Crippen molar-refractivity contribution in [2.24, 2.45) is 11.8 Å². The highest BCUT2D eigenvalue weighted by molar-refractivity contribution is 5.99. The van der Waals surface area contributed by atoms with Gasteiger partial charge in [-0.15, -0.1) is 0 Å². The lowest BCUT2D eigenvalue weighted by Gasteiger charge is -2.15. The molecule has 0 aromatic heterocycles. The SMILES string of the molecule is C.CC(=O)C(CC(=O)c1ccc(-c2ccc(C)cc2)cc1)CC(C)C.COCc1ccccc1. The van der Waals surface area contributed by atoms with Gasteiger partial charge in [0.05, 0.1) is 6.61 Å². The molecule has 3 aromatic rings. The fraction of sp³-hybridized carbons (Fsp3) is 0.355. The van der Waals surface area contributed by atoms with Crippen molar-refractivity contribution in [1.82, 2.24) is 0 Å². The highest BCUT2D eigenvalue weighted by Gasteiger charge is 2.20. The van der Waals surface area contributed by atoms with Gasteiger partial charge in [-0.05, 0) is 42.9 Å². The van der Waals surface area contributed by atoms with Crippen LogP contribution in [0.1, 0.15) is 62.5 Å². The predicted octanol–water partition coefficient (Wildman–Crippen LogP) is 7.96. The van der Waals surface area contributed by atoms with E-state index in [2.05, 4.69) is 45.0 Å². The van der Waals surface area contributed by atoms with E-state index in [1.807, 2.05) is 54.6 Å². The number of carbonyl (C=O) groups is 2. The fourth-order valence-electron chi connectivity index (χ4n) is 3.64. The molecule has 0 radical (unpaired) electrons. The number of rotatable bonds is 9. The van der Waals surface area contributed by atoms with Crippen molar-refractivity contribution < 1.29 is 14.3 Å². The van der Waals surface area contributed by atoms with Gasteiger partial charge in [0.2, 0.25) is 0 Å². The molecule has 1 atom stereocenters. The number of ether oxygens (including phenoxy) is 1. The van der Waals surface area contributed by atoms with Crippen molar-refractivity contribution in [1.29, 1.82) is 0 Å². The summed E-state index contributed by atoms with van der Waals surface area (Å²) in [5, 5.41) is 0. The molecule has 0 saturated carbocycles. The van der Waals surface area contributed by atoms with Crippen LogP contribution in [0.25, 0.3) is 11.1 Å². The molecule has 0 aliphatic carbocycles. The molecule has 34 heavy (non-hydrogen) atoms. The smallest absolute Gasteiger partial charge is 0.163 e. The average molecular weight is 461 g/mol. The van der Waals surface area contributed by atoms with Crippen LogP contribution in [0.3, 0.4) is 0 Å². The number of hydrogen-bond acceptors (Lipinski definition) is 3. The first kappa shape index (κ1) is 29.0. The number of aryl methyl sites for hydroxylation is 1. The van der Waals surface area contributed by atoms with Crippen LogP contribution >= 0.6 is 0 Å². The topological polar surface area (TPSA) is 43.4 Å². The van der Waals surface area contributed by atoms with Crippen LogP contribution in [-0.4, -0.2) is 18.7 Å². The molecule has 0 N–H and O–H groups in total. The van der Waals surface area contributed by atoms with Crippen LogP contribution in [-0.2, 0) is 16.1 Å². The van der Waals surface area contributed by atoms with Gasteiger partial charge in [0.1, 0.15) is 5.78 Å². The fourth-order valence-corrected chi connectivity index (χ4v) is 3.64. The van der Waals surface area contributed by atoms with Crippen molar-refractivity contribution >= 4 is 11.6 Å². The number of methoxy groups -OCH3 is 1. The zero-order chi connectivity index (χ0) is 24.2. The van der Waals surface area contributed by atoms with Gasteiger partial charge in [-0.3, -0.25) is 9.59 Å². The number of hydrogen-bond donors (Lipinski definition) is 0. The molecule has 0 spiro atoms. The number of Topliss-reactive ketones (excluding diaryl/α,β-unsaturated/α-hetero) is 2. The summed E-state index contributed by atoms with van der Waals surface area (Å²) in [5.41, 5.74) is 5.37. The molecule has 0 aliphatic heterocycles. The summed E-state index contributed by atoms with van der Waals surface area (Å²) in [6.07, 6.45) is 1.07. The highest BCUT2D eigenvalue weighted by atomic mass is 16.5. The average Bonchev–Trinajstić information content (AvgIpc) is 2.80. The standard InChI is InChI=1S/C22H26O2.C8H10O.CH4/c1-15(2)13-21(17(4)23)14-22(24)20-11-9-19(10-12-20)18-7-5-16(3)6-8-18;1-9-7-8-5-3-2-4-6-8;/h5-12,15,21H,13-14H2,1-4H3;2-6H,7H2,1H3;1H4. The van der Waals surface area contributed by atoms with E-state index in [0.717, 1.165) is 17.5 Å². The van der Waals surface area contributed by atoms with E-state index in [4.69, 9.17) is 4.74 Å². The van der Waals surface area contributed by atoms with Crippen molar-refractivity contribution in [3.05, 3.63) is 95.6 Å². The minimum absolute atomic E-state index is 0. The van der Waals surface area contributed by atoms with Crippen LogP contribution in [0.2, 0.25) is 0 Å². The number of ketones is 2. The Morgan fingerprint density at radius 1 is 0.824 bits per heavy atom. The monoisotopic (exact) mass is 460 g/mol. The van der Waals surface area contributed by atoms with Gasteiger partial charge >= 0.3 is 0 Å². The Bertz CT molecular complexity index is 987. The lowest BCUT2D eigenvalue weighted by Crippen LogP contribution is -2.18. The second-order valence-electron chi connectivity index (χ2n) is 8.93. The quantitative estimate of drug-likeness (QED) is 0.304. The van der Waals surface area contributed by atoms with Gasteiger partial charge < -0.3 is 4.74 Å². The first-order valence-electron chi connectivity index (χ1n) is 11.5. The molecule has 0 fully saturated rings. The Morgan fingerprint density at radius 3 is 1.82 bits per heavy atom. The Morgan fingerprint density at radius 2 is 1.35 bits per heavy atom. The number of benzene rings is 3. The van der Waals surface area contributed by atoms with Gasteiger partial charge in [-0.1, -0.05) is 106 Å². The summed E-state index contributed by atoms with van der Waals surface area (Å²) in [5.74, 6) is 0.393. The summed E-state index contributed by atoms with van der Waals surface area (Å²) < 4.78 is 4.93. The molecule has 3 heteroatoms. The maximum absolute atomic E-state index is 12.5. The van der Waals surface area contributed by atoms with Crippen molar-refractivity contribution in [2.45, 2.75) is 54.6 Å². The lowest BCUT2D eigenvalue weighted by molar-refractivity contribution is -0.121. The summed E-state index contributed by atoms with van der Waals surface area (Å²) >= 11 is 0. The van der Waals surface area contributed by atoms with Crippen LogP contribution < -0.4 is 0 Å². The first-order valence-corrected chi connectivity index (χ1v) is 11.5. The Hall–Kier alpha value is -3.04. The molecule has 0 aliphatic rings. The lowest BCUT2D eigenvalue weighted by atomic mass is 9.88. The zero-order valence-corrected chi connectivity index (χ0v) is 20.5. The molecule has 0 amide bonds. The van der Waals surface area contributed by atoms with Crippen LogP contribution in [0.5, 0.6) is 0 Å². The van der Waals surface area contributed by atoms with E-state index in [9.17, 15) is 9.59 Å². The van der Waals surface area contributed by atoms with E-state index in [1.54, 1.807) is 14.0 Å². The molecule has 0 saturated heterocycles. The van der Waals surface area contributed by atoms with Gasteiger partial charge in [-0.2, -0.15) is 0 Å². The summed E-state index contributed by atoms with van der Waals surface area (Å²) in [6.45, 7) is 8.52. The third-order valence-corrected chi connectivity index (χ3v) is 5.51. The maximum atomic E-state index is 12.5. The predicted molar refractivity (Wildman–Crippen MR) is 143 cm³/mol. The van der Waals surface area contributed by atoms with E-state index < -0.39 is 0 Å². The van der Waals surface area contributed by atoms with E-state index in [-0.39, 0.29) is 24.9 Å². The largest absolute Gasteiger partial charge is 0.380 e. The van der Waals surface area contributed by atoms with Gasteiger partial charge in [-0.25, -0.2) is 0 Å². The van der Waals surface area contributed by atoms with Gasteiger partial charge in [0.15, 0.2) is 5.78 Å². The van der Waals surface area contributed by atoms with Crippen LogP contribution in [0.15, 0.2) is 78.9 Å². The summed E-state index contributed by atoms with van der Waals surface area (Å²) in [6, 6.07) is 26.1. The summed E-state index contributed by atoms with van der Waals surface area (Å²) in [4.78, 5) is 24.2. The van der Waals surface area contributed by atoms with Crippen LogP contribution in [0.4, 0.5) is 0 Å². The van der Waals surface area contributed by atoms with E-state index in [1.165, 1.54) is 11.1 Å². The molecule has 0 bridgehead atoms. The van der Waals surface area contributed by atoms with Crippen molar-refractivity contribution in [3.8, 4) is 11.1 Å². The molecule has 182 valence electrons. The third-order valence-electron chi connectivity index (χ3n) is 5.51. The molecule has 3 aromatic carbocycles.